The maximum absolute atomic E-state index is 12.3. The molecule has 4 heteroatoms. The fraction of sp³-hybridized carbons (Fsp3) is 0.750. The molecule has 0 amide bonds. The molecule has 0 spiro atoms. The third kappa shape index (κ3) is 1.53. The molecule has 1 saturated carbocycles. The van der Waals surface area contributed by atoms with Crippen LogP contribution in [0.4, 0.5) is 3.89 Å². The Morgan fingerprint density at radius 1 is 1.33 bits per heavy atom. The van der Waals surface area contributed by atoms with E-state index >= 15 is 0 Å². The van der Waals surface area contributed by atoms with E-state index in [1.165, 1.54) is 0 Å². The van der Waals surface area contributed by atoms with Crippen LogP contribution in [-0.2, 0) is 10.2 Å². The van der Waals surface area contributed by atoms with Crippen molar-refractivity contribution in [1.82, 2.24) is 0 Å². The molecule has 2 rings (SSSR count). The Kier molecular flexibility index (Phi) is 1.75. The molecule has 2 bridgehead atoms. The lowest BCUT2D eigenvalue weighted by molar-refractivity contribution is 0.470. The van der Waals surface area contributed by atoms with Gasteiger partial charge < -0.3 is 0 Å². The van der Waals surface area contributed by atoms with E-state index in [0.29, 0.717) is 11.8 Å². The minimum absolute atomic E-state index is 0.0370. The van der Waals surface area contributed by atoms with Gasteiger partial charge in [-0.15, -0.1) is 3.89 Å². The van der Waals surface area contributed by atoms with E-state index in [2.05, 4.69) is 6.08 Å². The summed E-state index contributed by atoms with van der Waals surface area (Å²) in [6, 6.07) is 0. The van der Waals surface area contributed by atoms with Gasteiger partial charge in [-0.2, -0.15) is 8.42 Å². The van der Waals surface area contributed by atoms with Gasteiger partial charge in [-0.25, -0.2) is 0 Å². The normalized spacial score (nSPS) is 39.2. The maximum atomic E-state index is 12.3. The summed E-state index contributed by atoms with van der Waals surface area (Å²) in [5.41, 5.74) is 0. The molecule has 0 radical (unpaired) electrons. The van der Waals surface area contributed by atoms with Crippen LogP contribution >= 0.6 is 0 Å². The van der Waals surface area contributed by atoms with Crippen molar-refractivity contribution in [3.8, 4) is 0 Å². The van der Waals surface area contributed by atoms with Crippen LogP contribution in [0.3, 0.4) is 0 Å². The number of fused-ring (bicyclic) bond motifs is 2. The summed E-state index contributed by atoms with van der Waals surface area (Å²) in [5.74, 6) is 0.593. The zero-order valence-electron chi connectivity index (χ0n) is 6.61. The minimum Gasteiger partial charge on any atom is -0.195 e. The van der Waals surface area contributed by atoms with Crippen molar-refractivity contribution < 1.29 is 12.3 Å². The van der Waals surface area contributed by atoms with Crippen molar-refractivity contribution in [2.24, 2.45) is 17.8 Å². The molecular weight excluding hydrogens is 179 g/mol. The number of allylic oxidation sites excluding steroid dienone is 2. The van der Waals surface area contributed by atoms with Crippen LogP contribution in [0.1, 0.15) is 12.8 Å². The van der Waals surface area contributed by atoms with Crippen LogP contribution in [0.25, 0.3) is 0 Å². The van der Waals surface area contributed by atoms with Crippen molar-refractivity contribution in [3.05, 3.63) is 12.2 Å². The quantitative estimate of drug-likeness (QED) is 0.488. The second-order valence-electron chi connectivity index (χ2n) is 3.75. The molecule has 0 aliphatic heterocycles. The van der Waals surface area contributed by atoms with Gasteiger partial charge in [-0.3, -0.25) is 0 Å². The standard InChI is InChI=1S/C8H11FO2S/c9-12(10,11)5-8-4-6-1-2-7(8)3-6/h1-2,6-8H,3-5H2. The Balaban J connectivity index is 2.05. The number of halogens is 1. The average molecular weight is 190 g/mol. The lowest BCUT2D eigenvalue weighted by Gasteiger charge is -2.14. The third-order valence-corrected chi connectivity index (χ3v) is 3.66. The van der Waals surface area contributed by atoms with E-state index in [9.17, 15) is 12.3 Å². The highest BCUT2D eigenvalue weighted by Crippen LogP contribution is 2.43. The van der Waals surface area contributed by atoms with Gasteiger partial charge in [0.05, 0.1) is 5.75 Å². The lowest BCUT2D eigenvalue weighted by Crippen LogP contribution is -2.16. The van der Waals surface area contributed by atoms with E-state index in [1.807, 2.05) is 6.08 Å². The first-order chi connectivity index (χ1) is 5.54. The van der Waals surface area contributed by atoms with E-state index in [1.54, 1.807) is 0 Å². The molecule has 3 unspecified atom stereocenters. The Morgan fingerprint density at radius 3 is 2.50 bits per heavy atom. The first kappa shape index (κ1) is 8.23. The molecule has 0 heterocycles. The number of hydrogen-bond donors (Lipinski definition) is 0. The summed E-state index contributed by atoms with van der Waals surface area (Å²) in [6.45, 7) is 0. The third-order valence-electron chi connectivity index (χ3n) is 2.83. The summed E-state index contributed by atoms with van der Waals surface area (Å²) in [7, 11) is -4.26. The molecular formula is C8H11FO2S. The fourth-order valence-electron chi connectivity index (χ4n) is 2.34. The van der Waals surface area contributed by atoms with Crippen LogP contribution < -0.4 is 0 Å². The zero-order chi connectivity index (χ0) is 8.77. The summed E-state index contributed by atoms with van der Waals surface area (Å²) < 4.78 is 33.1. The highest BCUT2D eigenvalue weighted by molar-refractivity contribution is 7.86. The molecule has 0 aromatic rings. The monoisotopic (exact) mass is 190 g/mol. The molecule has 3 atom stereocenters. The van der Waals surface area contributed by atoms with Crippen molar-refractivity contribution in [2.75, 3.05) is 5.75 Å². The van der Waals surface area contributed by atoms with Crippen molar-refractivity contribution in [2.45, 2.75) is 12.8 Å². The van der Waals surface area contributed by atoms with Gasteiger partial charge in [0.25, 0.3) is 0 Å². The van der Waals surface area contributed by atoms with Crippen molar-refractivity contribution >= 4 is 10.2 Å². The Bertz CT molecular complexity index is 307. The van der Waals surface area contributed by atoms with E-state index in [-0.39, 0.29) is 11.7 Å². The van der Waals surface area contributed by atoms with Gasteiger partial charge >= 0.3 is 10.2 Å². The summed E-state index contributed by atoms with van der Waals surface area (Å²) in [5, 5.41) is 0. The average Bonchev–Trinajstić information content (AvgIpc) is 2.42. The molecule has 1 fully saturated rings. The van der Waals surface area contributed by atoms with Crippen LogP contribution in [0.2, 0.25) is 0 Å². The molecule has 2 aliphatic carbocycles. The van der Waals surface area contributed by atoms with E-state index in [4.69, 9.17) is 0 Å². The van der Waals surface area contributed by atoms with E-state index < -0.39 is 10.2 Å². The van der Waals surface area contributed by atoms with Gasteiger partial charge in [0.1, 0.15) is 0 Å². The summed E-state index contributed by atoms with van der Waals surface area (Å²) >= 11 is 0. The lowest BCUT2D eigenvalue weighted by atomic mass is 9.96. The van der Waals surface area contributed by atoms with E-state index in [0.717, 1.165) is 12.8 Å². The molecule has 12 heavy (non-hydrogen) atoms. The van der Waals surface area contributed by atoms with Crippen LogP contribution in [0.5, 0.6) is 0 Å². The van der Waals surface area contributed by atoms with Crippen LogP contribution in [0, 0.1) is 17.8 Å². The van der Waals surface area contributed by atoms with Gasteiger partial charge in [0, 0.05) is 0 Å². The topological polar surface area (TPSA) is 34.1 Å². The highest BCUT2D eigenvalue weighted by Gasteiger charge is 2.37. The van der Waals surface area contributed by atoms with Crippen molar-refractivity contribution in [1.29, 1.82) is 0 Å². The Hall–Kier alpha value is -0.380. The maximum Gasteiger partial charge on any atom is 0.302 e. The SMILES string of the molecule is O=S(=O)(F)CC1CC2C=CC1C2. The molecule has 68 valence electrons. The number of rotatable bonds is 2. The fourth-order valence-corrected chi connectivity index (χ4v) is 3.24. The molecule has 0 N–H and O–H groups in total. The zero-order valence-corrected chi connectivity index (χ0v) is 7.43. The molecule has 0 aromatic carbocycles. The van der Waals surface area contributed by atoms with Gasteiger partial charge in [0.15, 0.2) is 0 Å². The Morgan fingerprint density at radius 2 is 2.08 bits per heavy atom. The van der Waals surface area contributed by atoms with Gasteiger partial charge in [-0.1, -0.05) is 12.2 Å². The highest BCUT2D eigenvalue weighted by atomic mass is 32.3. The second-order valence-corrected chi connectivity index (χ2v) is 5.16. The minimum atomic E-state index is -4.26. The number of hydrogen-bond acceptors (Lipinski definition) is 2. The molecule has 0 aromatic heterocycles. The Labute approximate surface area is 71.7 Å². The molecule has 2 aliphatic rings. The second kappa shape index (κ2) is 2.55. The molecule has 0 saturated heterocycles. The van der Waals surface area contributed by atoms with Crippen LogP contribution in [0.15, 0.2) is 12.2 Å². The largest absolute Gasteiger partial charge is 0.302 e. The first-order valence-corrected chi connectivity index (χ1v) is 5.70. The summed E-state index contributed by atoms with van der Waals surface area (Å²) in [4.78, 5) is 0. The van der Waals surface area contributed by atoms with Gasteiger partial charge in [0.2, 0.25) is 0 Å². The predicted molar refractivity (Wildman–Crippen MR) is 43.7 cm³/mol. The van der Waals surface area contributed by atoms with Crippen molar-refractivity contribution in [3.63, 3.8) is 0 Å². The van der Waals surface area contributed by atoms with Gasteiger partial charge in [-0.05, 0) is 30.6 Å². The summed E-state index contributed by atoms with van der Waals surface area (Å²) in [6.07, 6.45) is 6.03. The predicted octanol–water partition coefficient (Wildman–Crippen LogP) is 1.50. The smallest absolute Gasteiger partial charge is 0.195 e. The molecule has 2 nitrogen and oxygen atoms in total. The first-order valence-electron chi connectivity index (χ1n) is 4.15. The van der Waals surface area contributed by atoms with Crippen LogP contribution in [-0.4, -0.2) is 14.2 Å².